The van der Waals surface area contributed by atoms with Gasteiger partial charge in [0.2, 0.25) is 0 Å². The molecule has 1 fully saturated rings. The molecule has 1 aromatic rings. The first-order valence-electron chi connectivity index (χ1n) is 8.03. The van der Waals surface area contributed by atoms with Crippen molar-refractivity contribution >= 4 is 17.7 Å². The number of hydrogen-bond acceptors (Lipinski definition) is 5. The Balaban J connectivity index is 0.000000242. The Morgan fingerprint density at radius 3 is 2.40 bits per heavy atom. The first-order valence-corrected chi connectivity index (χ1v) is 8.03. The monoisotopic (exact) mass is 346 g/mol. The number of piperidine rings is 1. The number of aliphatic carboxylic acids is 2. The third-order valence-electron chi connectivity index (χ3n) is 4.04. The zero-order valence-electron chi connectivity index (χ0n) is 14.1. The van der Waals surface area contributed by atoms with E-state index in [1.807, 2.05) is 6.07 Å². The number of oxime groups is 1. The van der Waals surface area contributed by atoms with E-state index in [0.717, 1.165) is 25.1 Å². The molecule has 25 heavy (non-hydrogen) atoms. The maximum Gasteiger partial charge on any atom is 0.328 e. The second-order valence-corrected chi connectivity index (χ2v) is 6.21. The van der Waals surface area contributed by atoms with Gasteiger partial charge < -0.3 is 20.0 Å². The summed E-state index contributed by atoms with van der Waals surface area (Å²) >= 11 is 0. The Morgan fingerprint density at radius 1 is 1.20 bits per heavy atom. The second kappa shape index (κ2) is 8.43. The summed E-state index contributed by atoms with van der Waals surface area (Å²) in [5.74, 6) is -2.51. The van der Waals surface area contributed by atoms with Crippen LogP contribution in [0.1, 0.15) is 24.8 Å². The minimum absolute atomic E-state index is 0.0574. The summed E-state index contributed by atoms with van der Waals surface area (Å²) < 4.78 is 0. The molecular weight excluding hydrogens is 324 g/mol. The van der Waals surface area contributed by atoms with E-state index >= 15 is 0 Å². The summed E-state index contributed by atoms with van der Waals surface area (Å²) in [6.07, 6.45) is 4.39. The van der Waals surface area contributed by atoms with Crippen molar-refractivity contribution in [3.63, 3.8) is 0 Å². The van der Waals surface area contributed by atoms with Gasteiger partial charge in [-0.2, -0.15) is 0 Å². The Hall–Kier alpha value is -2.67. The average Bonchev–Trinajstić information content (AvgIpc) is 2.97. The van der Waals surface area contributed by atoms with Gasteiger partial charge in [-0.1, -0.05) is 35.5 Å². The van der Waals surface area contributed by atoms with E-state index in [1.165, 1.54) is 18.5 Å². The molecule has 1 atom stereocenters. The molecule has 1 aromatic carbocycles. The average molecular weight is 346 g/mol. The smallest absolute Gasteiger partial charge is 0.328 e. The largest absolute Gasteiger partial charge is 0.478 e. The number of carboxylic acid groups (broad SMARTS) is 2. The van der Waals surface area contributed by atoms with Crippen LogP contribution < -0.4 is 0 Å². The van der Waals surface area contributed by atoms with E-state index in [9.17, 15) is 9.59 Å². The van der Waals surface area contributed by atoms with E-state index in [-0.39, 0.29) is 5.60 Å². The lowest BCUT2D eigenvalue weighted by Crippen LogP contribution is -2.46. The van der Waals surface area contributed by atoms with E-state index in [1.54, 1.807) is 0 Å². The first kappa shape index (κ1) is 18.7. The summed E-state index contributed by atoms with van der Waals surface area (Å²) in [7, 11) is 2.16. The molecule has 0 aromatic heterocycles. The number of benzene rings is 1. The number of carbonyl (C=O) groups is 2. The van der Waals surface area contributed by atoms with Crippen LogP contribution in [0, 0.1) is 0 Å². The van der Waals surface area contributed by atoms with Crippen molar-refractivity contribution in [3.05, 3.63) is 48.0 Å². The van der Waals surface area contributed by atoms with Crippen LogP contribution in [0.4, 0.5) is 0 Å². The Kier molecular flexibility index (Phi) is 6.30. The minimum atomic E-state index is -1.26. The zero-order valence-corrected chi connectivity index (χ0v) is 14.1. The molecule has 0 aliphatic carbocycles. The summed E-state index contributed by atoms with van der Waals surface area (Å²) in [5.41, 5.74) is 2.23. The van der Waals surface area contributed by atoms with Gasteiger partial charge in [-0.25, -0.2) is 9.59 Å². The maximum absolute atomic E-state index is 9.55. The predicted molar refractivity (Wildman–Crippen MR) is 92.6 cm³/mol. The van der Waals surface area contributed by atoms with Crippen molar-refractivity contribution in [2.75, 3.05) is 20.1 Å². The molecule has 1 saturated heterocycles. The molecule has 1 unspecified atom stereocenters. The Morgan fingerprint density at radius 2 is 1.84 bits per heavy atom. The normalized spacial score (nSPS) is 22.8. The van der Waals surface area contributed by atoms with Crippen LogP contribution in [-0.2, 0) is 14.4 Å². The zero-order chi connectivity index (χ0) is 18.3. The predicted octanol–water partition coefficient (Wildman–Crippen LogP) is 1.99. The van der Waals surface area contributed by atoms with Gasteiger partial charge in [0, 0.05) is 25.1 Å². The first-order chi connectivity index (χ1) is 11.9. The van der Waals surface area contributed by atoms with Gasteiger partial charge in [-0.05, 0) is 32.0 Å². The van der Waals surface area contributed by atoms with Gasteiger partial charge in [0.05, 0.1) is 5.71 Å². The van der Waals surface area contributed by atoms with E-state index < -0.39 is 11.9 Å². The molecule has 2 N–H and O–H groups in total. The molecular formula is C18H22N2O5. The van der Waals surface area contributed by atoms with Crippen molar-refractivity contribution in [3.8, 4) is 0 Å². The van der Waals surface area contributed by atoms with Crippen molar-refractivity contribution in [1.82, 2.24) is 4.90 Å². The van der Waals surface area contributed by atoms with Gasteiger partial charge in [0.1, 0.15) is 0 Å². The van der Waals surface area contributed by atoms with Crippen molar-refractivity contribution in [2.24, 2.45) is 5.16 Å². The van der Waals surface area contributed by atoms with Crippen LogP contribution in [-0.4, -0.2) is 58.5 Å². The topological polar surface area (TPSA) is 99.4 Å². The number of likely N-dealkylation sites (tertiary alicyclic amines) is 1. The number of carboxylic acids is 2. The van der Waals surface area contributed by atoms with Crippen LogP contribution in [0.3, 0.4) is 0 Å². The van der Waals surface area contributed by atoms with Crippen LogP contribution in [0.5, 0.6) is 0 Å². The standard InChI is InChI=1S/C14H18N2O.C4H4O4/c1-16-9-5-8-14(11-16)10-13(15-17-14)12-6-3-2-4-7-12;5-3(6)1-2-4(7)8/h2-4,6-7H,5,8-11H2,1H3;1-2H,(H,5,6)(H,7,8)/b;2-1+. The van der Waals surface area contributed by atoms with Gasteiger partial charge in [0.15, 0.2) is 5.60 Å². The van der Waals surface area contributed by atoms with E-state index in [2.05, 4.69) is 41.4 Å². The van der Waals surface area contributed by atoms with Crippen LogP contribution in [0.15, 0.2) is 47.6 Å². The number of nitrogens with zero attached hydrogens (tertiary/aromatic N) is 2. The number of hydrogen-bond donors (Lipinski definition) is 2. The molecule has 0 saturated carbocycles. The maximum atomic E-state index is 9.55. The summed E-state index contributed by atoms with van der Waals surface area (Å²) in [5, 5.41) is 19.9. The molecule has 3 rings (SSSR count). The van der Waals surface area contributed by atoms with Crippen LogP contribution in [0.2, 0.25) is 0 Å². The molecule has 1 spiro atoms. The van der Waals surface area contributed by atoms with Crippen LogP contribution in [0.25, 0.3) is 0 Å². The second-order valence-electron chi connectivity index (χ2n) is 6.21. The highest BCUT2D eigenvalue weighted by Gasteiger charge is 2.42. The van der Waals surface area contributed by atoms with Crippen molar-refractivity contribution < 1.29 is 24.6 Å². The summed E-state index contributed by atoms with van der Waals surface area (Å²) in [4.78, 5) is 27.2. The highest BCUT2D eigenvalue weighted by Crippen LogP contribution is 2.34. The fraction of sp³-hybridized carbons (Fsp3) is 0.389. The Labute approximate surface area is 146 Å². The fourth-order valence-electron chi connectivity index (χ4n) is 2.99. The van der Waals surface area contributed by atoms with Gasteiger partial charge >= 0.3 is 11.9 Å². The third-order valence-corrected chi connectivity index (χ3v) is 4.04. The van der Waals surface area contributed by atoms with Crippen LogP contribution >= 0.6 is 0 Å². The fourth-order valence-corrected chi connectivity index (χ4v) is 2.99. The molecule has 0 radical (unpaired) electrons. The summed E-state index contributed by atoms with van der Waals surface area (Å²) in [6.45, 7) is 2.17. The minimum Gasteiger partial charge on any atom is -0.478 e. The molecule has 2 heterocycles. The molecule has 7 nitrogen and oxygen atoms in total. The SMILES string of the molecule is CN1CCCC2(CC(c3ccccc3)=NO2)C1.O=C(O)/C=C/C(=O)O. The molecule has 0 bridgehead atoms. The molecule has 2 aliphatic heterocycles. The van der Waals surface area contributed by atoms with Crippen molar-refractivity contribution in [1.29, 1.82) is 0 Å². The molecule has 7 heteroatoms. The molecule has 0 amide bonds. The highest BCUT2D eigenvalue weighted by molar-refractivity contribution is 6.01. The highest BCUT2D eigenvalue weighted by atomic mass is 16.7. The molecule has 2 aliphatic rings. The quantitative estimate of drug-likeness (QED) is 0.812. The van der Waals surface area contributed by atoms with Gasteiger partial charge in [-0.15, -0.1) is 0 Å². The third kappa shape index (κ3) is 5.72. The Bertz CT molecular complexity index is 655. The lowest BCUT2D eigenvalue weighted by Gasteiger charge is -2.36. The van der Waals surface area contributed by atoms with Gasteiger partial charge in [-0.3, -0.25) is 0 Å². The number of rotatable bonds is 3. The lowest BCUT2D eigenvalue weighted by molar-refractivity contribution is -0.134. The summed E-state index contributed by atoms with van der Waals surface area (Å²) in [6, 6.07) is 10.3. The van der Waals surface area contributed by atoms with E-state index in [0.29, 0.717) is 12.2 Å². The van der Waals surface area contributed by atoms with E-state index in [4.69, 9.17) is 15.1 Å². The lowest BCUT2D eigenvalue weighted by atomic mass is 9.87. The van der Waals surface area contributed by atoms with Gasteiger partial charge in [0.25, 0.3) is 0 Å². The number of likely N-dealkylation sites (N-methyl/N-ethyl adjacent to an activating group) is 1. The van der Waals surface area contributed by atoms with Crippen molar-refractivity contribution in [2.45, 2.75) is 24.9 Å². The molecule has 134 valence electrons.